The van der Waals surface area contributed by atoms with Gasteiger partial charge in [0.1, 0.15) is 5.58 Å². The lowest BCUT2D eigenvalue weighted by molar-refractivity contribution is 0.0731. The number of ether oxygens (including phenoxy) is 1. The molecule has 0 amide bonds. The molecular formula is C23H14Cl2O4. The Morgan fingerprint density at radius 2 is 1.66 bits per heavy atom. The van der Waals surface area contributed by atoms with Crippen molar-refractivity contribution in [2.24, 2.45) is 0 Å². The number of benzene rings is 3. The van der Waals surface area contributed by atoms with Crippen LogP contribution in [0.5, 0.6) is 5.75 Å². The Bertz CT molecular complexity index is 1290. The SMILES string of the molecule is Cc1cccc(C(=O)Oc2c(-c3ccc(Cl)cc3)oc3ccc(Cl)cc3c2=O)c1. The number of hydrogen-bond acceptors (Lipinski definition) is 4. The number of halogens is 2. The first-order valence-corrected chi connectivity index (χ1v) is 9.49. The minimum absolute atomic E-state index is 0.141. The zero-order valence-electron chi connectivity index (χ0n) is 15.2. The smallest absolute Gasteiger partial charge is 0.343 e. The van der Waals surface area contributed by atoms with E-state index in [2.05, 4.69) is 0 Å². The number of carbonyl (C=O) groups excluding carboxylic acids is 1. The van der Waals surface area contributed by atoms with Crippen LogP contribution in [0.3, 0.4) is 0 Å². The molecule has 144 valence electrons. The molecule has 0 N–H and O–H groups in total. The third-order valence-corrected chi connectivity index (χ3v) is 4.85. The van der Waals surface area contributed by atoms with Crippen molar-refractivity contribution >= 4 is 40.1 Å². The van der Waals surface area contributed by atoms with Crippen LogP contribution >= 0.6 is 23.2 Å². The highest BCUT2D eigenvalue weighted by molar-refractivity contribution is 6.31. The molecule has 4 nitrogen and oxygen atoms in total. The molecule has 0 bridgehead atoms. The molecule has 29 heavy (non-hydrogen) atoms. The van der Waals surface area contributed by atoms with Crippen LogP contribution in [0.1, 0.15) is 15.9 Å². The van der Waals surface area contributed by atoms with Crippen molar-refractivity contribution in [1.82, 2.24) is 0 Å². The Labute approximate surface area is 176 Å². The maximum atomic E-state index is 13.2. The molecule has 0 saturated heterocycles. The molecule has 0 atom stereocenters. The summed E-state index contributed by atoms with van der Waals surface area (Å²) in [6.07, 6.45) is 0. The lowest BCUT2D eigenvalue weighted by Crippen LogP contribution is -2.16. The van der Waals surface area contributed by atoms with Crippen LogP contribution in [0.2, 0.25) is 10.0 Å². The molecule has 0 aliphatic carbocycles. The van der Waals surface area contributed by atoms with E-state index in [0.29, 0.717) is 26.8 Å². The van der Waals surface area contributed by atoms with Gasteiger partial charge < -0.3 is 9.15 Å². The summed E-state index contributed by atoms with van der Waals surface area (Å²) < 4.78 is 11.5. The lowest BCUT2D eigenvalue weighted by atomic mass is 10.1. The van der Waals surface area contributed by atoms with E-state index in [1.54, 1.807) is 54.6 Å². The van der Waals surface area contributed by atoms with E-state index in [0.717, 1.165) is 5.56 Å². The van der Waals surface area contributed by atoms with Gasteiger partial charge in [0, 0.05) is 15.6 Å². The minimum Gasteiger partial charge on any atom is -0.452 e. The fourth-order valence-electron chi connectivity index (χ4n) is 2.96. The zero-order valence-corrected chi connectivity index (χ0v) is 16.8. The van der Waals surface area contributed by atoms with Crippen LogP contribution in [-0.4, -0.2) is 5.97 Å². The number of rotatable bonds is 3. The van der Waals surface area contributed by atoms with Crippen LogP contribution in [0, 0.1) is 6.92 Å². The molecule has 0 spiro atoms. The Morgan fingerprint density at radius 3 is 2.38 bits per heavy atom. The van der Waals surface area contributed by atoms with Gasteiger partial charge in [-0.15, -0.1) is 0 Å². The van der Waals surface area contributed by atoms with Crippen molar-refractivity contribution in [2.45, 2.75) is 6.92 Å². The van der Waals surface area contributed by atoms with Gasteiger partial charge in [-0.1, -0.05) is 40.9 Å². The van der Waals surface area contributed by atoms with Gasteiger partial charge in [-0.2, -0.15) is 0 Å². The first-order valence-electron chi connectivity index (χ1n) is 8.73. The third-order valence-electron chi connectivity index (χ3n) is 4.37. The van der Waals surface area contributed by atoms with Crippen LogP contribution in [-0.2, 0) is 0 Å². The Morgan fingerprint density at radius 1 is 0.931 bits per heavy atom. The van der Waals surface area contributed by atoms with Crippen molar-refractivity contribution < 1.29 is 13.9 Å². The topological polar surface area (TPSA) is 56.5 Å². The first kappa shape index (κ1) is 19.2. The average Bonchev–Trinajstić information content (AvgIpc) is 2.71. The molecule has 3 aromatic carbocycles. The highest BCUT2D eigenvalue weighted by atomic mass is 35.5. The van der Waals surface area contributed by atoms with E-state index < -0.39 is 11.4 Å². The van der Waals surface area contributed by atoms with Crippen molar-refractivity contribution in [2.75, 3.05) is 0 Å². The van der Waals surface area contributed by atoms with Gasteiger partial charge in [0.25, 0.3) is 0 Å². The van der Waals surface area contributed by atoms with Gasteiger partial charge in [-0.05, 0) is 61.5 Å². The van der Waals surface area contributed by atoms with E-state index >= 15 is 0 Å². The van der Waals surface area contributed by atoms with Gasteiger partial charge >= 0.3 is 5.97 Å². The fourth-order valence-corrected chi connectivity index (χ4v) is 3.26. The highest BCUT2D eigenvalue weighted by Gasteiger charge is 2.21. The Kier molecular flexibility index (Phi) is 5.14. The molecule has 0 saturated carbocycles. The summed E-state index contributed by atoms with van der Waals surface area (Å²) in [5.74, 6) is -0.714. The molecule has 6 heteroatoms. The second-order valence-corrected chi connectivity index (χ2v) is 7.37. The maximum Gasteiger partial charge on any atom is 0.343 e. The van der Waals surface area contributed by atoms with Crippen molar-refractivity contribution in [3.05, 3.63) is 98.1 Å². The number of fused-ring (bicyclic) bond motifs is 1. The van der Waals surface area contributed by atoms with Crippen molar-refractivity contribution in [1.29, 1.82) is 0 Å². The van der Waals surface area contributed by atoms with Crippen LogP contribution in [0.4, 0.5) is 0 Å². The quantitative estimate of drug-likeness (QED) is 0.362. The standard InChI is InChI=1S/C23H14Cl2O4/c1-13-3-2-4-15(11-13)23(27)29-22-20(26)18-12-17(25)9-10-19(18)28-21(22)14-5-7-16(24)8-6-14/h2-12H,1H3. The molecule has 0 unspecified atom stereocenters. The van der Waals surface area contributed by atoms with Gasteiger partial charge in [-0.3, -0.25) is 4.79 Å². The zero-order chi connectivity index (χ0) is 20.5. The molecule has 1 heterocycles. The first-order chi connectivity index (χ1) is 13.9. The summed E-state index contributed by atoms with van der Waals surface area (Å²) >= 11 is 12.0. The van der Waals surface area contributed by atoms with E-state index in [4.69, 9.17) is 32.4 Å². The van der Waals surface area contributed by atoms with Crippen molar-refractivity contribution in [3.63, 3.8) is 0 Å². The number of hydrogen-bond donors (Lipinski definition) is 0. The number of esters is 1. The molecule has 0 aliphatic rings. The second-order valence-electron chi connectivity index (χ2n) is 6.50. The van der Waals surface area contributed by atoms with Gasteiger partial charge in [0.15, 0.2) is 5.76 Å². The molecule has 4 aromatic rings. The van der Waals surface area contributed by atoms with E-state index in [9.17, 15) is 9.59 Å². The van der Waals surface area contributed by atoms with E-state index in [-0.39, 0.29) is 16.9 Å². The van der Waals surface area contributed by atoms with Crippen LogP contribution < -0.4 is 10.2 Å². The molecule has 4 rings (SSSR count). The second kappa shape index (κ2) is 7.74. The van der Waals surface area contributed by atoms with Gasteiger partial charge in [0.2, 0.25) is 11.2 Å². The Balaban J connectivity index is 1.91. The fraction of sp³-hybridized carbons (Fsp3) is 0.0435. The van der Waals surface area contributed by atoms with E-state index in [1.807, 2.05) is 13.0 Å². The number of aryl methyl sites for hydroxylation is 1. The molecule has 0 fully saturated rings. The summed E-state index contributed by atoms with van der Waals surface area (Å²) in [6.45, 7) is 1.86. The summed E-state index contributed by atoms with van der Waals surface area (Å²) in [5.41, 5.74) is 1.63. The predicted octanol–water partition coefficient (Wildman–Crippen LogP) is 6.29. The summed E-state index contributed by atoms with van der Waals surface area (Å²) in [6, 6.07) is 18.3. The monoisotopic (exact) mass is 424 g/mol. The largest absolute Gasteiger partial charge is 0.452 e. The summed E-state index contributed by atoms with van der Waals surface area (Å²) in [7, 11) is 0. The van der Waals surface area contributed by atoms with E-state index in [1.165, 1.54) is 6.07 Å². The van der Waals surface area contributed by atoms with Crippen LogP contribution in [0.25, 0.3) is 22.3 Å². The van der Waals surface area contributed by atoms with Gasteiger partial charge in [-0.25, -0.2) is 4.79 Å². The Hall–Kier alpha value is -3.08. The average molecular weight is 425 g/mol. The molecular weight excluding hydrogens is 411 g/mol. The molecule has 0 aliphatic heterocycles. The summed E-state index contributed by atoms with van der Waals surface area (Å²) in [4.78, 5) is 25.9. The van der Waals surface area contributed by atoms with Crippen molar-refractivity contribution in [3.8, 4) is 17.1 Å². The molecule has 1 aromatic heterocycles. The normalized spacial score (nSPS) is 10.9. The highest BCUT2D eigenvalue weighted by Crippen LogP contribution is 2.32. The van der Waals surface area contributed by atoms with Gasteiger partial charge in [0.05, 0.1) is 10.9 Å². The summed E-state index contributed by atoms with van der Waals surface area (Å²) in [5, 5.41) is 1.13. The van der Waals surface area contributed by atoms with Crippen LogP contribution in [0.15, 0.2) is 75.9 Å². The third kappa shape index (κ3) is 3.90. The lowest BCUT2D eigenvalue weighted by Gasteiger charge is -2.11. The number of carbonyl (C=O) groups is 1. The molecule has 0 radical (unpaired) electrons. The maximum absolute atomic E-state index is 13.2. The minimum atomic E-state index is -0.655. The predicted molar refractivity (Wildman–Crippen MR) is 114 cm³/mol.